The van der Waals surface area contributed by atoms with Gasteiger partial charge in [0.05, 0.1) is 4.47 Å². The molecule has 0 bridgehead atoms. The minimum Gasteiger partial charge on any atom is -0.488 e. The first-order valence-electron chi connectivity index (χ1n) is 5.31. The van der Waals surface area contributed by atoms with E-state index in [1.54, 1.807) is 18.2 Å². The molecule has 4 heteroatoms. The van der Waals surface area contributed by atoms with Crippen LogP contribution in [-0.2, 0) is 6.61 Å². The van der Waals surface area contributed by atoms with Gasteiger partial charge < -0.3 is 4.74 Å². The maximum Gasteiger partial charge on any atom is 0.150 e. The first-order valence-corrected chi connectivity index (χ1v) is 6.48. The monoisotopic (exact) mass is 324 g/mol. The van der Waals surface area contributed by atoms with Crippen LogP contribution in [0.15, 0.2) is 46.9 Å². The lowest BCUT2D eigenvalue weighted by atomic mass is 10.2. The fourth-order valence-electron chi connectivity index (χ4n) is 1.50. The SMILES string of the molecule is O=Cc1ccc(OCc2cccc(Cl)c2)c(Br)c1. The first kappa shape index (κ1) is 13.1. The van der Waals surface area contributed by atoms with Crippen LogP contribution in [-0.4, -0.2) is 6.29 Å². The molecule has 0 aliphatic carbocycles. The fourth-order valence-corrected chi connectivity index (χ4v) is 2.22. The number of halogens is 2. The van der Waals surface area contributed by atoms with Gasteiger partial charge in [-0.15, -0.1) is 0 Å². The average molecular weight is 326 g/mol. The van der Waals surface area contributed by atoms with Crippen molar-refractivity contribution in [2.24, 2.45) is 0 Å². The van der Waals surface area contributed by atoms with Crippen molar-refractivity contribution in [3.63, 3.8) is 0 Å². The number of hydrogen-bond donors (Lipinski definition) is 0. The summed E-state index contributed by atoms with van der Waals surface area (Å²) in [5, 5.41) is 0.687. The predicted molar refractivity (Wildman–Crippen MR) is 75.3 cm³/mol. The number of carbonyl (C=O) groups excluding carboxylic acids is 1. The van der Waals surface area contributed by atoms with E-state index in [-0.39, 0.29) is 0 Å². The zero-order valence-electron chi connectivity index (χ0n) is 9.40. The molecule has 0 heterocycles. The highest BCUT2D eigenvalue weighted by atomic mass is 79.9. The largest absolute Gasteiger partial charge is 0.488 e. The van der Waals surface area contributed by atoms with Crippen LogP contribution in [0.2, 0.25) is 5.02 Å². The maximum atomic E-state index is 10.6. The van der Waals surface area contributed by atoms with Crippen LogP contribution < -0.4 is 4.74 Å². The quantitative estimate of drug-likeness (QED) is 0.774. The van der Waals surface area contributed by atoms with E-state index in [1.165, 1.54) is 0 Å². The van der Waals surface area contributed by atoms with E-state index in [2.05, 4.69) is 15.9 Å². The number of ether oxygens (including phenoxy) is 1. The molecule has 0 atom stereocenters. The van der Waals surface area contributed by atoms with Crippen molar-refractivity contribution in [1.82, 2.24) is 0 Å². The topological polar surface area (TPSA) is 26.3 Å². The molecular formula is C14H10BrClO2. The third kappa shape index (κ3) is 3.34. The molecular weight excluding hydrogens is 316 g/mol. The fraction of sp³-hybridized carbons (Fsp3) is 0.0714. The summed E-state index contributed by atoms with van der Waals surface area (Å²) in [5.41, 5.74) is 1.60. The zero-order valence-corrected chi connectivity index (χ0v) is 11.7. The van der Waals surface area contributed by atoms with Gasteiger partial charge in [-0.05, 0) is 51.8 Å². The molecule has 0 fully saturated rings. The van der Waals surface area contributed by atoms with Gasteiger partial charge in [0.25, 0.3) is 0 Å². The van der Waals surface area contributed by atoms with Crippen LogP contribution in [0.1, 0.15) is 15.9 Å². The summed E-state index contributed by atoms with van der Waals surface area (Å²) in [6.07, 6.45) is 0.797. The van der Waals surface area contributed by atoms with Gasteiger partial charge in [0.1, 0.15) is 18.6 Å². The summed E-state index contributed by atoms with van der Waals surface area (Å²) in [7, 11) is 0. The molecule has 0 amide bonds. The van der Waals surface area contributed by atoms with Crippen LogP contribution in [0, 0.1) is 0 Å². The van der Waals surface area contributed by atoms with Gasteiger partial charge in [-0.3, -0.25) is 4.79 Å². The maximum absolute atomic E-state index is 10.6. The van der Waals surface area contributed by atoms with Crippen LogP contribution in [0.5, 0.6) is 5.75 Å². The van der Waals surface area contributed by atoms with Crippen molar-refractivity contribution >= 4 is 33.8 Å². The Morgan fingerprint density at radius 1 is 1.22 bits per heavy atom. The van der Waals surface area contributed by atoms with Crippen molar-refractivity contribution in [3.05, 3.63) is 63.1 Å². The third-order valence-electron chi connectivity index (χ3n) is 2.38. The van der Waals surface area contributed by atoms with Gasteiger partial charge in [0.2, 0.25) is 0 Å². The lowest BCUT2D eigenvalue weighted by molar-refractivity contribution is 0.112. The summed E-state index contributed by atoms with van der Waals surface area (Å²) in [6.45, 7) is 0.430. The average Bonchev–Trinajstić information content (AvgIpc) is 2.37. The molecule has 2 aromatic carbocycles. The van der Waals surface area contributed by atoms with Crippen molar-refractivity contribution in [2.45, 2.75) is 6.61 Å². The Morgan fingerprint density at radius 2 is 2.06 bits per heavy atom. The van der Waals surface area contributed by atoms with Crippen molar-refractivity contribution in [1.29, 1.82) is 0 Å². The van der Waals surface area contributed by atoms with Crippen LogP contribution in [0.25, 0.3) is 0 Å². The Hall–Kier alpha value is -1.32. The van der Waals surface area contributed by atoms with Crippen LogP contribution in [0.4, 0.5) is 0 Å². The molecule has 0 saturated carbocycles. The van der Waals surface area contributed by atoms with E-state index in [9.17, 15) is 4.79 Å². The number of hydrogen-bond acceptors (Lipinski definition) is 2. The molecule has 0 aliphatic heterocycles. The summed E-state index contributed by atoms with van der Waals surface area (Å²) >= 11 is 9.26. The van der Waals surface area contributed by atoms with Crippen molar-refractivity contribution in [2.75, 3.05) is 0 Å². The molecule has 2 rings (SSSR count). The van der Waals surface area contributed by atoms with E-state index in [1.807, 2.05) is 24.3 Å². The highest BCUT2D eigenvalue weighted by molar-refractivity contribution is 9.10. The van der Waals surface area contributed by atoms with E-state index < -0.39 is 0 Å². The van der Waals surface area contributed by atoms with Crippen LogP contribution in [0.3, 0.4) is 0 Å². The standard InChI is InChI=1S/C14H10BrClO2/c15-13-7-10(8-17)4-5-14(13)18-9-11-2-1-3-12(16)6-11/h1-8H,9H2. The molecule has 18 heavy (non-hydrogen) atoms. The summed E-state index contributed by atoms with van der Waals surface area (Å²) in [4.78, 5) is 10.6. The molecule has 0 saturated heterocycles. The zero-order chi connectivity index (χ0) is 13.0. The molecule has 0 unspecified atom stereocenters. The van der Waals surface area contributed by atoms with E-state index in [0.29, 0.717) is 22.9 Å². The van der Waals surface area contributed by atoms with Crippen molar-refractivity contribution in [3.8, 4) is 5.75 Å². The first-order chi connectivity index (χ1) is 8.69. The van der Waals surface area contributed by atoms with E-state index in [0.717, 1.165) is 16.3 Å². The summed E-state index contributed by atoms with van der Waals surface area (Å²) in [6, 6.07) is 12.7. The van der Waals surface area contributed by atoms with Gasteiger partial charge >= 0.3 is 0 Å². The number of rotatable bonds is 4. The predicted octanol–water partition coefficient (Wildman–Crippen LogP) is 4.49. The molecule has 0 aliphatic rings. The number of benzene rings is 2. The Balaban J connectivity index is 2.08. The van der Waals surface area contributed by atoms with E-state index in [4.69, 9.17) is 16.3 Å². The number of aldehydes is 1. The minimum atomic E-state index is 0.430. The molecule has 2 aromatic rings. The molecule has 2 nitrogen and oxygen atoms in total. The Labute approximate surface area is 119 Å². The van der Waals surface area contributed by atoms with E-state index >= 15 is 0 Å². The molecule has 0 radical (unpaired) electrons. The second-order valence-corrected chi connectivity index (χ2v) is 5.02. The Morgan fingerprint density at radius 3 is 2.72 bits per heavy atom. The second-order valence-electron chi connectivity index (χ2n) is 3.73. The van der Waals surface area contributed by atoms with Gasteiger partial charge in [-0.2, -0.15) is 0 Å². The Bertz CT molecular complexity index is 569. The highest BCUT2D eigenvalue weighted by Gasteiger charge is 2.03. The number of carbonyl (C=O) groups is 1. The lowest BCUT2D eigenvalue weighted by Gasteiger charge is -2.08. The minimum absolute atomic E-state index is 0.430. The molecule has 0 spiro atoms. The molecule has 92 valence electrons. The van der Waals surface area contributed by atoms with Gasteiger partial charge in [-0.25, -0.2) is 0 Å². The van der Waals surface area contributed by atoms with Crippen LogP contribution >= 0.6 is 27.5 Å². The van der Waals surface area contributed by atoms with Gasteiger partial charge in [-0.1, -0.05) is 23.7 Å². The second kappa shape index (κ2) is 6.03. The highest BCUT2D eigenvalue weighted by Crippen LogP contribution is 2.26. The summed E-state index contributed by atoms with van der Waals surface area (Å²) < 4.78 is 6.41. The van der Waals surface area contributed by atoms with Gasteiger partial charge in [0, 0.05) is 10.6 Å². The molecule has 0 N–H and O–H groups in total. The Kier molecular flexibility index (Phi) is 4.39. The van der Waals surface area contributed by atoms with Gasteiger partial charge in [0.15, 0.2) is 0 Å². The third-order valence-corrected chi connectivity index (χ3v) is 3.23. The smallest absolute Gasteiger partial charge is 0.150 e. The molecule has 0 aromatic heterocycles. The normalized spacial score (nSPS) is 10.1. The van der Waals surface area contributed by atoms with Crippen molar-refractivity contribution < 1.29 is 9.53 Å². The summed E-state index contributed by atoms with van der Waals surface area (Å²) in [5.74, 6) is 0.695. The lowest BCUT2D eigenvalue weighted by Crippen LogP contribution is -1.96.